The second-order valence-corrected chi connectivity index (χ2v) is 4.16. The van der Waals surface area contributed by atoms with Crippen LogP contribution in [-0.2, 0) is 0 Å². The first-order valence-corrected chi connectivity index (χ1v) is 4.16. The molecule has 3 heteroatoms. The Morgan fingerprint density at radius 3 is 2.11 bits per heavy atom. The Hall–Kier alpha value is 0.400. The van der Waals surface area contributed by atoms with Crippen LogP contribution >= 0.6 is 15.9 Å². The van der Waals surface area contributed by atoms with Gasteiger partial charge in [0.1, 0.15) is 0 Å². The molecule has 1 aliphatic rings. The molecule has 1 rings (SSSR count). The quantitative estimate of drug-likeness (QED) is 0.380. The van der Waals surface area contributed by atoms with Crippen molar-refractivity contribution in [2.24, 2.45) is 0 Å². The smallest absolute Gasteiger partial charge is 0.0975 e. The Morgan fingerprint density at radius 1 is 1.22 bits per heavy atom. The Kier molecular flexibility index (Phi) is 2.50. The van der Waals surface area contributed by atoms with Crippen molar-refractivity contribution in [3.05, 3.63) is 0 Å². The van der Waals surface area contributed by atoms with Crippen molar-refractivity contribution >= 4 is 15.9 Å². The summed E-state index contributed by atoms with van der Waals surface area (Å²) in [5.41, 5.74) is 2.30. The van der Waals surface area contributed by atoms with Gasteiger partial charge in [0.25, 0.3) is 0 Å². The third kappa shape index (κ3) is 1.92. The molecule has 0 radical (unpaired) electrons. The van der Waals surface area contributed by atoms with Gasteiger partial charge in [-0.05, 0) is 12.8 Å². The van der Waals surface area contributed by atoms with Crippen molar-refractivity contribution in [3.8, 4) is 0 Å². The molecule has 9 heavy (non-hydrogen) atoms. The van der Waals surface area contributed by atoms with Crippen LogP contribution in [0.1, 0.15) is 32.1 Å². The first-order valence-electron chi connectivity index (χ1n) is 3.37. The average Bonchev–Trinajstić information content (AvgIpc) is 1.90. The highest BCUT2D eigenvalue weighted by atomic mass is 79.9. The number of halogens is 1. The summed E-state index contributed by atoms with van der Waals surface area (Å²) in [6, 6.07) is 0. The Balaban J connectivity index is 2.37. The topological polar surface area (TPSA) is 32.3 Å². The van der Waals surface area contributed by atoms with E-state index in [1.807, 2.05) is 0 Å². The molecule has 2 N–H and O–H groups in total. The van der Waals surface area contributed by atoms with Crippen molar-refractivity contribution in [3.63, 3.8) is 0 Å². The number of alkyl halides is 1. The first kappa shape index (κ1) is 7.51. The molecule has 0 aromatic carbocycles. The molecule has 0 aromatic rings. The van der Waals surface area contributed by atoms with E-state index in [-0.39, 0.29) is 4.45 Å². The summed E-state index contributed by atoms with van der Waals surface area (Å²) in [4.78, 5) is 0. The fourth-order valence-electron chi connectivity index (χ4n) is 1.22. The van der Waals surface area contributed by atoms with Gasteiger partial charge in [-0.25, -0.2) is 0 Å². The molecule has 0 atom stereocenters. The van der Waals surface area contributed by atoms with E-state index in [1.54, 1.807) is 0 Å². The zero-order valence-electron chi connectivity index (χ0n) is 5.36. The molecule has 0 heterocycles. The summed E-state index contributed by atoms with van der Waals surface area (Å²) >= 11 is 3.43. The predicted molar refractivity (Wildman–Crippen MR) is 39.7 cm³/mol. The average molecular weight is 194 g/mol. The summed E-state index contributed by atoms with van der Waals surface area (Å²) in [6.07, 6.45) is 5.78. The molecular formula is C6H12BrNO. The lowest BCUT2D eigenvalue weighted by Gasteiger charge is -2.29. The highest BCUT2D eigenvalue weighted by Crippen LogP contribution is 2.32. The van der Waals surface area contributed by atoms with Crippen molar-refractivity contribution in [1.82, 2.24) is 5.48 Å². The van der Waals surface area contributed by atoms with Gasteiger partial charge < -0.3 is 5.21 Å². The lowest BCUT2D eigenvalue weighted by Crippen LogP contribution is -2.38. The van der Waals surface area contributed by atoms with Crippen molar-refractivity contribution in [2.45, 2.75) is 36.6 Å². The maximum absolute atomic E-state index is 8.65. The minimum absolute atomic E-state index is 0.161. The number of hydroxylamine groups is 1. The van der Waals surface area contributed by atoms with Gasteiger partial charge in [0.2, 0.25) is 0 Å². The monoisotopic (exact) mass is 193 g/mol. The SMILES string of the molecule is ONC1(Br)CCCCC1. The minimum Gasteiger partial charge on any atom is -0.315 e. The number of hydrogen-bond donors (Lipinski definition) is 2. The van der Waals surface area contributed by atoms with Gasteiger partial charge in [-0.15, -0.1) is 0 Å². The predicted octanol–water partition coefficient (Wildman–Crippen LogP) is 2.02. The minimum atomic E-state index is -0.161. The molecule has 54 valence electrons. The van der Waals surface area contributed by atoms with Gasteiger partial charge in [-0.1, -0.05) is 35.2 Å². The standard InChI is InChI=1S/C6H12BrNO/c7-6(8-9)4-2-1-3-5-6/h8-9H,1-5H2. The second-order valence-electron chi connectivity index (χ2n) is 2.64. The Morgan fingerprint density at radius 2 is 1.78 bits per heavy atom. The summed E-state index contributed by atoms with van der Waals surface area (Å²) < 4.78 is -0.161. The summed E-state index contributed by atoms with van der Waals surface area (Å²) in [5.74, 6) is 0. The lowest BCUT2D eigenvalue weighted by atomic mass is 9.96. The maximum atomic E-state index is 8.65. The van der Waals surface area contributed by atoms with E-state index in [2.05, 4.69) is 21.4 Å². The summed E-state index contributed by atoms with van der Waals surface area (Å²) in [6.45, 7) is 0. The number of hydrogen-bond acceptors (Lipinski definition) is 2. The van der Waals surface area contributed by atoms with Gasteiger partial charge in [-0.3, -0.25) is 0 Å². The second kappa shape index (κ2) is 2.99. The van der Waals surface area contributed by atoms with Crippen LogP contribution in [0.5, 0.6) is 0 Å². The Bertz CT molecular complexity index is 91.1. The van der Waals surface area contributed by atoms with Crippen molar-refractivity contribution in [1.29, 1.82) is 0 Å². The highest BCUT2D eigenvalue weighted by Gasteiger charge is 2.27. The number of rotatable bonds is 1. The maximum Gasteiger partial charge on any atom is 0.0975 e. The molecule has 0 unspecified atom stereocenters. The van der Waals surface area contributed by atoms with E-state index >= 15 is 0 Å². The number of nitrogens with one attached hydrogen (secondary N) is 1. The van der Waals surface area contributed by atoms with Crippen molar-refractivity contribution < 1.29 is 5.21 Å². The van der Waals surface area contributed by atoms with Crippen LogP contribution in [0.25, 0.3) is 0 Å². The fourth-order valence-corrected chi connectivity index (χ4v) is 1.78. The zero-order chi connectivity index (χ0) is 6.74. The Labute approximate surface area is 63.7 Å². The van der Waals surface area contributed by atoms with Crippen LogP contribution in [0.4, 0.5) is 0 Å². The first-order chi connectivity index (χ1) is 4.27. The van der Waals surface area contributed by atoms with E-state index in [4.69, 9.17) is 5.21 Å². The molecule has 1 saturated carbocycles. The molecule has 0 aliphatic heterocycles. The third-order valence-electron chi connectivity index (χ3n) is 1.85. The van der Waals surface area contributed by atoms with Gasteiger partial charge in [-0.2, -0.15) is 5.48 Å². The van der Waals surface area contributed by atoms with E-state index in [1.165, 1.54) is 19.3 Å². The highest BCUT2D eigenvalue weighted by molar-refractivity contribution is 9.10. The van der Waals surface area contributed by atoms with Gasteiger partial charge >= 0.3 is 0 Å². The van der Waals surface area contributed by atoms with Crippen LogP contribution in [-0.4, -0.2) is 9.66 Å². The summed E-state index contributed by atoms with van der Waals surface area (Å²) in [5, 5.41) is 8.65. The van der Waals surface area contributed by atoms with Crippen LogP contribution in [0.3, 0.4) is 0 Å². The third-order valence-corrected chi connectivity index (χ3v) is 2.82. The zero-order valence-corrected chi connectivity index (χ0v) is 6.95. The van der Waals surface area contributed by atoms with Crippen LogP contribution < -0.4 is 5.48 Å². The van der Waals surface area contributed by atoms with Crippen LogP contribution in [0.2, 0.25) is 0 Å². The molecule has 0 spiro atoms. The lowest BCUT2D eigenvalue weighted by molar-refractivity contribution is 0.0929. The molecule has 0 amide bonds. The van der Waals surface area contributed by atoms with E-state index in [0.717, 1.165) is 12.8 Å². The van der Waals surface area contributed by atoms with E-state index < -0.39 is 0 Å². The van der Waals surface area contributed by atoms with Gasteiger partial charge in [0, 0.05) is 0 Å². The van der Waals surface area contributed by atoms with Crippen LogP contribution in [0.15, 0.2) is 0 Å². The largest absolute Gasteiger partial charge is 0.315 e. The molecule has 0 aromatic heterocycles. The molecule has 2 nitrogen and oxygen atoms in total. The van der Waals surface area contributed by atoms with Gasteiger partial charge in [0.15, 0.2) is 0 Å². The van der Waals surface area contributed by atoms with Crippen molar-refractivity contribution in [2.75, 3.05) is 0 Å². The molecule has 1 aliphatic carbocycles. The normalized spacial score (nSPS) is 26.0. The fraction of sp³-hybridized carbons (Fsp3) is 1.00. The van der Waals surface area contributed by atoms with Crippen LogP contribution in [0, 0.1) is 0 Å². The molecular weight excluding hydrogens is 182 g/mol. The summed E-state index contributed by atoms with van der Waals surface area (Å²) in [7, 11) is 0. The van der Waals surface area contributed by atoms with Gasteiger partial charge in [0.05, 0.1) is 4.45 Å². The molecule has 0 saturated heterocycles. The molecule has 1 fully saturated rings. The molecule has 0 bridgehead atoms. The van der Waals surface area contributed by atoms with E-state index in [9.17, 15) is 0 Å². The van der Waals surface area contributed by atoms with E-state index in [0.29, 0.717) is 0 Å².